The summed E-state index contributed by atoms with van der Waals surface area (Å²) in [6, 6.07) is 0.300. The number of methoxy groups -OCH3 is 1. The largest absolute Gasteiger partial charge is 0.385 e. The SMILES string of the molecule is COCCCC(N)c1nncn1C(C)C. The van der Waals surface area contributed by atoms with E-state index in [1.807, 2.05) is 4.57 Å². The summed E-state index contributed by atoms with van der Waals surface area (Å²) in [6.45, 7) is 4.92. The van der Waals surface area contributed by atoms with Gasteiger partial charge >= 0.3 is 0 Å². The van der Waals surface area contributed by atoms with Gasteiger partial charge in [0.15, 0.2) is 0 Å². The van der Waals surface area contributed by atoms with Gasteiger partial charge in [-0.1, -0.05) is 0 Å². The minimum atomic E-state index is -0.0509. The Hall–Kier alpha value is -0.940. The Balaban J connectivity index is 2.56. The first-order valence-electron chi connectivity index (χ1n) is 5.30. The Morgan fingerprint density at radius 1 is 1.53 bits per heavy atom. The maximum atomic E-state index is 6.04. The van der Waals surface area contributed by atoms with Crippen LogP contribution in [-0.4, -0.2) is 28.5 Å². The molecule has 1 aromatic rings. The Labute approximate surface area is 90.6 Å². The molecule has 1 atom stereocenters. The monoisotopic (exact) mass is 212 g/mol. The molecule has 0 amide bonds. The molecule has 15 heavy (non-hydrogen) atoms. The maximum Gasteiger partial charge on any atom is 0.150 e. The van der Waals surface area contributed by atoms with Crippen molar-refractivity contribution in [3.63, 3.8) is 0 Å². The zero-order valence-corrected chi connectivity index (χ0v) is 9.68. The first-order chi connectivity index (χ1) is 7.16. The summed E-state index contributed by atoms with van der Waals surface area (Å²) in [5.74, 6) is 0.862. The highest BCUT2D eigenvalue weighted by Gasteiger charge is 2.14. The normalized spacial score (nSPS) is 13.4. The first-order valence-corrected chi connectivity index (χ1v) is 5.30. The summed E-state index contributed by atoms with van der Waals surface area (Å²) in [4.78, 5) is 0. The van der Waals surface area contributed by atoms with E-state index < -0.39 is 0 Å². The number of hydrogen-bond donors (Lipinski definition) is 1. The number of ether oxygens (including phenoxy) is 1. The van der Waals surface area contributed by atoms with E-state index in [0.717, 1.165) is 25.3 Å². The number of rotatable bonds is 6. The van der Waals surface area contributed by atoms with Gasteiger partial charge in [0, 0.05) is 19.8 Å². The minimum Gasteiger partial charge on any atom is -0.385 e. The molecule has 0 aliphatic carbocycles. The molecular weight excluding hydrogens is 192 g/mol. The zero-order chi connectivity index (χ0) is 11.3. The van der Waals surface area contributed by atoms with Crippen LogP contribution >= 0.6 is 0 Å². The molecule has 0 saturated carbocycles. The number of nitrogens with zero attached hydrogens (tertiary/aromatic N) is 3. The van der Waals surface area contributed by atoms with E-state index in [0.29, 0.717) is 6.04 Å². The van der Waals surface area contributed by atoms with Crippen molar-refractivity contribution in [2.75, 3.05) is 13.7 Å². The third kappa shape index (κ3) is 3.28. The third-order valence-electron chi connectivity index (χ3n) is 2.35. The van der Waals surface area contributed by atoms with Crippen molar-refractivity contribution in [2.24, 2.45) is 5.73 Å². The fourth-order valence-electron chi connectivity index (χ4n) is 1.49. The van der Waals surface area contributed by atoms with Crippen LogP contribution < -0.4 is 5.73 Å². The van der Waals surface area contributed by atoms with Crippen molar-refractivity contribution in [3.8, 4) is 0 Å². The molecule has 0 aliphatic rings. The van der Waals surface area contributed by atoms with Gasteiger partial charge in [0.05, 0.1) is 6.04 Å². The number of aromatic nitrogens is 3. The lowest BCUT2D eigenvalue weighted by molar-refractivity contribution is 0.190. The van der Waals surface area contributed by atoms with Gasteiger partial charge in [-0.25, -0.2) is 0 Å². The molecule has 0 aliphatic heterocycles. The molecule has 0 radical (unpaired) electrons. The first kappa shape index (κ1) is 12.1. The summed E-state index contributed by atoms with van der Waals surface area (Å²) in [6.07, 6.45) is 3.55. The second-order valence-corrected chi connectivity index (χ2v) is 3.93. The Bertz CT molecular complexity index is 285. The van der Waals surface area contributed by atoms with Crippen molar-refractivity contribution in [1.82, 2.24) is 14.8 Å². The van der Waals surface area contributed by atoms with E-state index >= 15 is 0 Å². The highest BCUT2D eigenvalue weighted by Crippen LogP contribution is 2.16. The lowest BCUT2D eigenvalue weighted by Crippen LogP contribution is -2.18. The average molecular weight is 212 g/mol. The highest BCUT2D eigenvalue weighted by molar-refractivity contribution is 4.95. The molecule has 86 valence electrons. The van der Waals surface area contributed by atoms with E-state index in [4.69, 9.17) is 10.5 Å². The van der Waals surface area contributed by atoms with Crippen LogP contribution in [0.25, 0.3) is 0 Å². The van der Waals surface area contributed by atoms with Crippen LogP contribution in [-0.2, 0) is 4.74 Å². The molecule has 5 heteroatoms. The van der Waals surface area contributed by atoms with Gasteiger partial charge in [0.1, 0.15) is 12.2 Å². The quantitative estimate of drug-likeness (QED) is 0.721. The highest BCUT2D eigenvalue weighted by atomic mass is 16.5. The molecule has 0 saturated heterocycles. The standard InChI is InChI=1S/C10H20N4O/c1-8(2)14-7-12-13-10(14)9(11)5-4-6-15-3/h7-9H,4-6,11H2,1-3H3. The van der Waals surface area contributed by atoms with E-state index in [1.165, 1.54) is 0 Å². The number of hydrogen-bond acceptors (Lipinski definition) is 4. The van der Waals surface area contributed by atoms with Gasteiger partial charge in [0.25, 0.3) is 0 Å². The van der Waals surface area contributed by atoms with Gasteiger partial charge < -0.3 is 15.0 Å². The summed E-state index contributed by atoms with van der Waals surface area (Å²) >= 11 is 0. The fourth-order valence-corrected chi connectivity index (χ4v) is 1.49. The van der Waals surface area contributed by atoms with Crippen LogP contribution in [0, 0.1) is 0 Å². The average Bonchev–Trinajstić information content (AvgIpc) is 2.66. The second-order valence-electron chi connectivity index (χ2n) is 3.93. The topological polar surface area (TPSA) is 66.0 Å². The summed E-state index contributed by atoms with van der Waals surface area (Å²) in [5, 5.41) is 7.96. The van der Waals surface area contributed by atoms with Crippen molar-refractivity contribution in [2.45, 2.75) is 38.8 Å². The van der Waals surface area contributed by atoms with Crippen LogP contribution in [0.1, 0.15) is 44.6 Å². The summed E-state index contributed by atoms with van der Waals surface area (Å²) in [7, 11) is 1.70. The maximum absolute atomic E-state index is 6.04. The van der Waals surface area contributed by atoms with E-state index in [9.17, 15) is 0 Å². The Kier molecular flexibility index (Phi) is 4.71. The van der Waals surface area contributed by atoms with Crippen molar-refractivity contribution < 1.29 is 4.74 Å². The molecule has 1 aromatic heterocycles. The van der Waals surface area contributed by atoms with Crippen LogP contribution in [0.4, 0.5) is 0 Å². The minimum absolute atomic E-state index is 0.0509. The van der Waals surface area contributed by atoms with Gasteiger partial charge in [-0.15, -0.1) is 10.2 Å². The van der Waals surface area contributed by atoms with Gasteiger partial charge in [-0.05, 0) is 26.7 Å². The molecule has 0 bridgehead atoms. The zero-order valence-electron chi connectivity index (χ0n) is 9.68. The van der Waals surface area contributed by atoms with E-state index in [-0.39, 0.29) is 6.04 Å². The molecule has 1 unspecified atom stereocenters. The van der Waals surface area contributed by atoms with Gasteiger partial charge in [-0.2, -0.15) is 0 Å². The summed E-state index contributed by atoms with van der Waals surface area (Å²) < 4.78 is 7.00. The molecule has 0 spiro atoms. The number of nitrogens with two attached hydrogens (primary N) is 1. The Morgan fingerprint density at radius 2 is 2.27 bits per heavy atom. The van der Waals surface area contributed by atoms with Crippen LogP contribution in [0.15, 0.2) is 6.33 Å². The lowest BCUT2D eigenvalue weighted by atomic mass is 10.1. The lowest BCUT2D eigenvalue weighted by Gasteiger charge is -2.15. The molecule has 2 N–H and O–H groups in total. The van der Waals surface area contributed by atoms with Crippen LogP contribution in [0.2, 0.25) is 0 Å². The van der Waals surface area contributed by atoms with Crippen molar-refractivity contribution in [1.29, 1.82) is 0 Å². The third-order valence-corrected chi connectivity index (χ3v) is 2.35. The smallest absolute Gasteiger partial charge is 0.150 e. The molecule has 0 aromatic carbocycles. The van der Waals surface area contributed by atoms with E-state index in [1.54, 1.807) is 13.4 Å². The summed E-state index contributed by atoms with van der Waals surface area (Å²) in [5.41, 5.74) is 6.04. The van der Waals surface area contributed by atoms with E-state index in [2.05, 4.69) is 24.0 Å². The van der Waals surface area contributed by atoms with Gasteiger partial charge in [-0.3, -0.25) is 0 Å². The van der Waals surface area contributed by atoms with Crippen molar-refractivity contribution >= 4 is 0 Å². The predicted octanol–water partition coefficient (Wildman–Crippen LogP) is 1.29. The van der Waals surface area contributed by atoms with Crippen molar-refractivity contribution in [3.05, 3.63) is 12.2 Å². The molecular formula is C10H20N4O. The predicted molar refractivity (Wildman–Crippen MR) is 58.4 cm³/mol. The van der Waals surface area contributed by atoms with Gasteiger partial charge in [0.2, 0.25) is 0 Å². The molecule has 1 heterocycles. The van der Waals surface area contributed by atoms with Crippen LogP contribution in [0.5, 0.6) is 0 Å². The fraction of sp³-hybridized carbons (Fsp3) is 0.800. The molecule has 1 rings (SSSR count). The Morgan fingerprint density at radius 3 is 2.87 bits per heavy atom. The second kappa shape index (κ2) is 5.82. The van der Waals surface area contributed by atoms with Crippen LogP contribution in [0.3, 0.4) is 0 Å². The molecule has 0 fully saturated rings. The molecule has 5 nitrogen and oxygen atoms in total.